The summed E-state index contributed by atoms with van der Waals surface area (Å²) in [5.74, 6) is -1.03. The fourth-order valence-electron chi connectivity index (χ4n) is 3.79. The molecule has 1 atom stereocenters. The molecule has 0 bridgehead atoms. The number of amides is 2. The van der Waals surface area contributed by atoms with Crippen LogP contribution in [-0.4, -0.2) is 44.3 Å². The van der Waals surface area contributed by atoms with Gasteiger partial charge < -0.3 is 10.2 Å². The molecule has 2 amide bonds. The topological polar surface area (TPSA) is 86.8 Å². The van der Waals surface area contributed by atoms with Crippen molar-refractivity contribution in [3.05, 3.63) is 91.9 Å². The van der Waals surface area contributed by atoms with Crippen LogP contribution < -0.4 is 9.62 Å². The second-order valence-corrected chi connectivity index (χ2v) is 12.3. The van der Waals surface area contributed by atoms with E-state index in [1.165, 1.54) is 35.2 Å². The minimum Gasteiger partial charge on any atom is -0.355 e. The Bertz CT molecular complexity index is 1450. The smallest absolute Gasteiger partial charge is 0.264 e. The average molecular weight is 631 g/mol. The van der Waals surface area contributed by atoms with Gasteiger partial charge in [0.05, 0.1) is 20.6 Å². The van der Waals surface area contributed by atoms with E-state index in [1.807, 2.05) is 6.92 Å². The third kappa shape index (κ3) is 7.80. The van der Waals surface area contributed by atoms with Crippen molar-refractivity contribution in [1.29, 1.82) is 0 Å². The van der Waals surface area contributed by atoms with E-state index in [4.69, 9.17) is 46.4 Å². The number of hydrogen-bond acceptors (Lipinski definition) is 4. The fraction of sp³-hybridized carbons (Fsp3) is 0.259. The first-order valence-electron chi connectivity index (χ1n) is 11.9. The summed E-state index contributed by atoms with van der Waals surface area (Å²) in [5, 5.41) is 3.70. The Morgan fingerprint density at radius 1 is 0.897 bits per heavy atom. The predicted molar refractivity (Wildman–Crippen MR) is 157 cm³/mol. The number of rotatable bonds is 10. The van der Waals surface area contributed by atoms with Gasteiger partial charge in [0.2, 0.25) is 11.8 Å². The van der Waals surface area contributed by atoms with Crippen LogP contribution in [0.3, 0.4) is 0 Å². The van der Waals surface area contributed by atoms with Crippen LogP contribution in [0.15, 0.2) is 65.6 Å². The quantitative estimate of drug-likeness (QED) is 0.283. The number of carbonyl (C=O) groups is 2. The molecule has 12 heteroatoms. The molecule has 1 N–H and O–H groups in total. The first kappa shape index (κ1) is 31.0. The molecule has 0 aromatic heterocycles. The average Bonchev–Trinajstić information content (AvgIpc) is 2.87. The zero-order chi connectivity index (χ0) is 28.9. The van der Waals surface area contributed by atoms with E-state index in [9.17, 15) is 18.0 Å². The number of nitrogens with one attached hydrogen (secondary N) is 1. The van der Waals surface area contributed by atoms with E-state index in [1.54, 1.807) is 44.2 Å². The number of anilines is 1. The number of halogens is 4. The molecule has 3 aromatic carbocycles. The summed E-state index contributed by atoms with van der Waals surface area (Å²) >= 11 is 24.6. The van der Waals surface area contributed by atoms with Crippen molar-refractivity contribution in [2.45, 2.75) is 38.3 Å². The zero-order valence-corrected chi connectivity index (χ0v) is 25.3. The maximum atomic E-state index is 13.9. The van der Waals surface area contributed by atoms with E-state index in [2.05, 4.69) is 5.32 Å². The van der Waals surface area contributed by atoms with Crippen LogP contribution in [0.2, 0.25) is 20.1 Å². The molecule has 0 aliphatic rings. The molecule has 3 rings (SSSR count). The molecule has 0 radical (unpaired) electrons. The summed E-state index contributed by atoms with van der Waals surface area (Å²) in [6.45, 7) is 4.86. The molecule has 0 unspecified atom stereocenters. The van der Waals surface area contributed by atoms with Gasteiger partial charge in [-0.3, -0.25) is 13.9 Å². The van der Waals surface area contributed by atoms with Crippen LogP contribution in [0.4, 0.5) is 5.69 Å². The monoisotopic (exact) mass is 629 g/mol. The molecule has 0 aliphatic carbocycles. The van der Waals surface area contributed by atoms with Gasteiger partial charge in [0.15, 0.2) is 0 Å². The van der Waals surface area contributed by atoms with E-state index in [0.29, 0.717) is 17.1 Å². The molecule has 208 valence electrons. The van der Waals surface area contributed by atoms with Gasteiger partial charge >= 0.3 is 0 Å². The molecule has 39 heavy (non-hydrogen) atoms. The summed E-state index contributed by atoms with van der Waals surface area (Å²) in [4.78, 5) is 27.9. The normalized spacial score (nSPS) is 12.1. The molecular weight excluding hydrogens is 604 g/mol. The van der Waals surface area contributed by atoms with E-state index in [0.717, 1.165) is 9.87 Å². The number of carbonyl (C=O) groups excluding carboxylic acids is 2. The highest BCUT2D eigenvalue weighted by Gasteiger charge is 2.32. The predicted octanol–water partition coefficient (Wildman–Crippen LogP) is 6.36. The maximum absolute atomic E-state index is 13.9. The van der Waals surface area contributed by atoms with Crippen LogP contribution in [0.1, 0.15) is 25.0 Å². The van der Waals surface area contributed by atoms with Gasteiger partial charge in [-0.15, -0.1) is 0 Å². The van der Waals surface area contributed by atoms with E-state index >= 15 is 0 Å². The second kappa shape index (κ2) is 13.2. The van der Waals surface area contributed by atoms with Crippen LogP contribution >= 0.6 is 46.4 Å². The summed E-state index contributed by atoms with van der Waals surface area (Å²) in [5.41, 5.74) is 1.57. The Balaban J connectivity index is 2.07. The van der Waals surface area contributed by atoms with Crippen molar-refractivity contribution in [1.82, 2.24) is 10.2 Å². The van der Waals surface area contributed by atoms with Crippen molar-refractivity contribution < 1.29 is 18.0 Å². The Kier molecular flexibility index (Phi) is 10.5. The first-order valence-corrected chi connectivity index (χ1v) is 14.8. The lowest BCUT2D eigenvalue weighted by molar-refractivity contribution is -0.139. The Morgan fingerprint density at radius 2 is 1.51 bits per heavy atom. The number of hydrogen-bond donors (Lipinski definition) is 1. The van der Waals surface area contributed by atoms with Crippen LogP contribution in [0.25, 0.3) is 0 Å². The maximum Gasteiger partial charge on any atom is 0.264 e. The Morgan fingerprint density at radius 3 is 2.08 bits per heavy atom. The van der Waals surface area contributed by atoms with Gasteiger partial charge in [-0.05, 0) is 68.8 Å². The van der Waals surface area contributed by atoms with Crippen LogP contribution in [-0.2, 0) is 26.2 Å². The van der Waals surface area contributed by atoms with E-state index < -0.39 is 34.4 Å². The lowest BCUT2D eigenvalue weighted by atomic mass is 10.1. The second-order valence-electron chi connectivity index (χ2n) is 8.79. The molecule has 0 fully saturated rings. The molecule has 0 spiro atoms. The van der Waals surface area contributed by atoms with Crippen molar-refractivity contribution in [3.63, 3.8) is 0 Å². The number of sulfonamides is 1. The zero-order valence-electron chi connectivity index (χ0n) is 21.4. The summed E-state index contributed by atoms with van der Waals surface area (Å²) < 4.78 is 28.6. The standard InChI is InChI=1S/C27H27Cl4N3O4S/c1-4-32-27(36)18(3)33(15-19-7-10-24(30)25(31)11-19)26(35)16-34(22-13-20(28)12-21(29)14-22)39(37,38)23-8-5-17(2)6-9-23/h5-14,18H,4,15-16H2,1-3H3,(H,32,36)/t18-/m1/s1. The molecule has 0 aliphatic heterocycles. The Labute approximate surface area is 248 Å². The third-order valence-electron chi connectivity index (χ3n) is 5.88. The van der Waals surface area contributed by atoms with Crippen LogP contribution in [0, 0.1) is 6.92 Å². The Hall–Kier alpha value is -2.49. The fourth-order valence-corrected chi connectivity index (χ4v) is 6.02. The number of nitrogens with zero attached hydrogens (tertiary/aromatic N) is 2. The van der Waals surface area contributed by atoms with E-state index in [-0.39, 0.29) is 32.2 Å². The third-order valence-corrected chi connectivity index (χ3v) is 8.84. The molecular formula is C27H27Cl4N3O4S. The summed E-state index contributed by atoms with van der Waals surface area (Å²) in [7, 11) is -4.24. The van der Waals surface area contributed by atoms with Crippen LogP contribution in [0.5, 0.6) is 0 Å². The first-order chi connectivity index (χ1) is 18.3. The van der Waals surface area contributed by atoms with Crippen molar-refractivity contribution >= 4 is 73.9 Å². The molecule has 3 aromatic rings. The highest BCUT2D eigenvalue weighted by atomic mass is 35.5. The van der Waals surface area contributed by atoms with Crippen molar-refractivity contribution in [3.8, 4) is 0 Å². The van der Waals surface area contributed by atoms with Gasteiger partial charge in [-0.25, -0.2) is 8.42 Å². The number of benzene rings is 3. The largest absolute Gasteiger partial charge is 0.355 e. The molecule has 0 saturated carbocycles. The summed E-state index contributed by atoms with van der Waals surface area (Å²) in [6.07, 6.45) is 0. The van der Waals surface area contributed by atoms with Crippen molar-refractivity contribution in [2.75, 3.05) is 17.4 Å². The highest BCUT2D eigenvalue weighted by molar-refractivity contribution is 7.92. The van der Waals surface area contributed by atoms with Gasteiger partial charge in [-0.1, -0.05) is 70.2 Å². The number of likely N-dealkylation sites (N-methyl/N-ethyl adjacent to an activating group) is 1. The molecule has 7 nitrogen and oxygen atoms in total. The minimum absolute atomic E-state index is 0.0233. The number of aryl methyl sites for hydroxylation is 1. The molecule has 0 heterocycles. The lowest BCUT2D eigenvalue weighted by Crippen LogP contribution is -2.51. The lowest BCUT2D eigenvalue weighted by Gasteiger charge is -2.32. The SMILES string of the molecule is CCNC(=O)[C@@H](C)N(Cc1ccc(Cl)c(Cl)c1)C(=O)CN(c1cc(Cl)cc(Cl)c1)S(=O)(=O)c1ccc(C)cc1. The van der Waals surface area contributed by atoms with Crippen molar-refractivity contribution in [2.24, 2.45) is 0 Å². The van der Waals surface area contributed by atoms with Gasteiger partial charge in [-0.2, -0.15) is 0 Å². The molecule has 0 saturated heterocycles. The summed E-state index contributed by atoms with van der Waals surface area (Å²) in [6, 6.07) is 14.4. The van der Waals surface area contributed by atoms with Gasteiger partial charge in [0.1, 0.15) is 12.6 Å². The van der Waals surface area contributed by atoms with Gasteiger partial charge in [0, 0.05) is 23.1 Å². The van der Waals surface area contributed by atoms with Gasteiger partial charge in [0.25, 0.3) is 10.0 Å². The minimum atomic E-state index is -4.24. The highest BCUT2D eigenvalue weighted by Crippen LogP contribution is 2.30.